The molecule has 2 atom stereocenters. The van der Waals surface area contributed by atoms with E-state index in [2.05, 4.69) is 6.58 Å². The molecule has 0 fully saturated rings. The lowest BCUT2D eigenvalue weighted by molar-refractivity contribution is -0.137. The van der Waals surface area contributed by atoms with Gasteiger partial charge in [0.25, 0.3) is 0 Å². The van der Waals surface area contributed by atoms with Crippen LogP contribution in [0, 0.1) is 5.92 Å². The molecule has 1 aromatic rings. The van der Waals surface area contributed by atoms with Gasteiger partial charge < -0.3 is 9.84 Å². The van der Waals surface area contributed by atoms with Crippen molar-refractivity contribution in [3.8, 4) is 0 Å². The number of rotatable bonds is 4. The van der Waals surface area contributed by atoms with Crippen molar-refractivity contribution in [1.29, 1.82) is 0 Å². The van der Waals surface area contributed by atoms with Crippen molar-refractivity contribution in [1.82, 2.24) is 0 Å². The summed E-state index contributed by atoms with van der Waals surface area (Å²) in [5, 5.41) is 9.35. The van der Waals surface area contributed by atoms with Crippen LogP contribution < -0.4 is 0 Å². The number of carbonyl (C=O) groups is 3. The molecule has 31 heavy (non-hydrogen) atoms. The maximum absolute atomic E-state index is 12.7. The standard InChI is InChI=1S/C23H23F3O5/c1-13-4-5-17(15(3)21(28)29)12-20(14(2)11-19(27)10-13)31-22(30)16-6-8-18(9-7-16)23(24,25)26/h6-11,17,20H,3-5,12H2,1-2H3,(H,28,29)/b13-10+,14-11-/t17-,20+/m1/s1. The Balaban J connectivity index is 2.32. The summed E-state index contributed by atoms with van der Waals surface area (Å²) in [4.78, 5) is 36.2. The third kappa shape index (κ3) is 6.67. The number of carboxylic acids is 1. The molecule has 8 heteroatoms. The van der Waals surface area contributed by atoms with Gasteiger partial charge in [-0.1, -0.05) is 12.2 Å². The van der Waals surface area contributed by atoms with E-state index in [1.165, 1.54) is 12.2 Å². The molecule has 0 aromatic heterocycles. The average molecular weight is 436 g/mol. The number of benzene rings is 1. The molecule has 0 radical (unpaired) electrons. The molecule has 0 amide bonds. The van der Waals surface area contributed by atoms with Crippen molar-refractivity contribution in [2.45, 2.75) is 45.4 Å². The van der Waals surface area contributed by atoms with Gasteiger partial charge in [0.1, 0.15) is 6.10 Å². The highest BCUT2D eigenvalue weighted by Crippen LogP contribution is 2.31. The Hall–Kier alpha value is -3.16. The summed E-state index contributed by atoms with van der Waals surface area (Å²) in [7, 11) is 0. The highest BCUT2D eigenvalue weighted by atomic mass is 19.4. The molecule has 5 nitrogen and oxygen atoms in total. The van der Waals surface area contributed by atoms with Gasteiger partial charge in [-0.2, -0.15) is 13.2 Å². The minimum absolute atomic E-state index is 0.0388. The monoisotopic (exact) mass is 436 g/mol. The second kappa shape index (κ2) is 9.76. The second-order valence-electron chi connectivity index (χ2n) is 7.55. The fourth-order valence-corrected chi connectivity index (χ4v) is 3.26. The van der Waals surface area contributed by atoms with E-state index in [0.29, 0.717) is 18.4 Å². The number of esters is 1. The molecule has 0 unspecified atom stereocenters. The van der Waals surface area contributed by atoms with Gasteiger partial charge in [-0.05, 0) is 81.0 Å². The smallest absolute Gasteiger partial charge is 0.416 e. The van der Waals surface area contributed by atoms with E-state index in [1.807, 2.05) is 0 Å². The van der Waals surface area contributed by atoms with E-state index in [4.69, 9.17) is 4.74 Å². The number of alkyl halides is 3. The van der Waals surface area contributed by atoms with E-state index < -0.39 is 35.7 Å². The third-order valence-electron chi connectivity index (χ3n) is 5.12. The van der Waals surface area contributed by atoms with Crippen molar-refractivity contribution >= 4 is 17.7 Å². The molecule has 0 saturated carbocycles. The van der Waals surface area contributed by atoms with E-state index in [-0.39, 0.29) is 23.3 Å². The number of hydrogen-bond donors (Lipinski definition) is 1. The lowest BCUT2D eigenvalue weighted by atomic mass is 9.85. The van der Waals surface area contributed by atoms with E-state index in [1.54, 1.807) is 13.8 Å². The summed E-state index contributed by atoms with van der Waals surface area (Å²) in [5.41, 5.74) is 0.165. The Morgan fingerprint density at radius 1 is 1.13 bits per heavy atom. The lowest BCUT2D eigenvalue weighted by Gasteiger charge is -2.25. The van der Waals surface area contributed by atoms with Crippen molar-refractivity contribution in [2.75, 3.05) is 0 Å². The summed E-state index contributed by atoms with van der Waals surface area (Å²) in [6.07, 6.45) is -1.79. The van der Waals surface area contributed by atoms with Crippen molar-refractivity contribution < 1.29 is 37.4 Å². The first-order valence-corrected chi connectivity index (χ1v) is 9.58. The normalized spacial score (nSPS) is 23.7. The summed E-state index contributed by atoms with van der Waals surface area (Å²) in [5.74, 6) is -2.86. The summed E-state index contributed by atoms with van der Waals surface area (Å²) in [6.45, 7) is 6.97. The molecule has 1 aromatic carbocycles. The lowest BCUT2D eigenvalue weighted by Crippen LogP contribution is -2.26. The Kier molecular flexibility index (Phi) is 7.60. The Morgan fingerprint density at radius 3 is 2.29 bits per heavy atom. The SMILES string of the molecule is C=C(C(=O)O)[C@@H]1CC/C(C)=C/C(=O)/C=C(/C)[C@@H](OC(=O)c2ccc(C(F)(F)F)cc2)C1. The number of carboxylic acid groups (broad SMARTS) is 1. The van der Waals surface area contributed by atoms with Gasteiger partial charge in [0.05, 0.1) is 11.1 Å². The third-order valence-corrected chi connectivity index (χ3v) is 5.12. The molecule has 0 bridgehead atoms. The Labute approximate surface area is 177 Å². The predicted molar refractivity (Wildman–Crippen MR) is 107 cm³/mol. The second-order valence-corrected chi connectivity index (χ2v) is 7.55. The maximum atomic E-state index is 12.7. The first-order chi connectivity index (χ1) is 14.4. The van der Waals surface area contributed by atoms with Crippen LogP contribution in [0.15, 0.2) is 59.7 Å². The predicted octanol–water partition coefficient (Wildman–Crippen LogP) is 5.13. The van der Waals surface area contributed by atoms with Gasteiger partial charge in [0.2, 0.25) is 0 Å². The van der Waals surface area contributed by atoms with E-state index >= 15 is 0 Å². The largest absolute Gasteiger partial charge is 0.478 e. The van der Waals surface area contributed by atoms with Crippen LogP contribution in [0.2, 0.25) is 0 Å². The van der Waals surface area contributed by atoms with Gasteiger partial charge in [-0.25, -0.2) is 9.59 Å². The number of aliphatic carboxylic acids is 1. The van der Waals surface area contributed by atoms with Crippen molar-refractivity contribution in [3.05, 3.63) is 70.8 Å². The molecule has 1 aliphatic carbocycles. The summed E-state index contributed by atoms with van der Waals surface area (Å²) in [6, 6.07) is 3.57. The molecule has 2 rings (SSSR count). The van der Waals surface area contributed by atoms with Gasteiger partial charge >= 0.3 is 18.1 Å². The van der Waals surface area contributed by atoms with Gasteiger partial charge in [0.15, 0.2) is 5.78 Å². The minimum atomic E-state index is -4.53. The van der Waals surface area contributed by atoms with Crippen molar-refractivity contribution in [3.63, 3.8) is 0 Å². The first kappa shape index (κ1) is 24.1. The zero-order chi connectivity index (χ0) is 23.3. The highest BCUT2D eigenvalue weighted by Gasteiger charge is 2.31. The topological polar surface area (TPSA) is 80.7 Å². The Morgan fingerprint density at radius 2 is 1.74 bits per heavy atom. The number of halogens is 3. The fourth-order valence-electron chi connectivity index (χ4n) is 3.26. The number of ketones is 1. The number of ether oxygens (including phenoxy) is 1. The molecule has 1 N–H and O–H groups in total. The summed E-state index contributed by atoms with van der Waals surface area (Å²) < 4.78 is 43.7. The van der Waals surface area contributed by atoms with Crippen LogP contribution >= 0.6 is 0 Å². The molecule has 0 spiro atoms. The molecule has 166 valence electrons. The quantitative estimate of drug-likeness (QED) is 0.523. The highest BCUT2D eigenvalue weighted by molar-refractivity contribution is 6.00. The van der Waals surface area contributed by atoms with Crippen LogP contribution in [0.25, 0.3) is 0 Å². The average Bonchev–Trinajstić information content (AvgIpc) is 2.68. The van der Waals surface area contributed by atoms with Crippen molar-refractivity contribution in [2.24, 2.45) is 5.92 Å². The van der Waals surface area contributed by atoms with Gasteiger partial charge in [-0.3, -0.25) is 4.79 Å². The molecular weight excluding hydrogens is 413 g/mol. The zero-order valence-electron chi connectivity index (χ0n) is 17.2. The maximum Gasteiger partial charge on any atom is 0.416 e. The number of allylic oxidation sites excluding steroid dienone is 3. The first-order valence-electron chi connectivity index (χ1n) is 9.58. The fraction of sp³-hybridized carbons (Fsp3) is 0.348. The molecule has 1 aliphatic rings. The number of carbonyl (C=O) groups excluding carboxylic acids is 2. The van der Waals surface area contributed by atoms with E-state index in [0.717, 1.165) is 29.8 Å². The summed E-state index contributed by atoms with van der Waals surface area (Å²) >= 11 is 0. The van der Waals surface area contributed by atoms with Gasteiger partial charge in [-0.15, -0.1) is 0 Å². The molecule has 0 aliphatic heterocycles. The minimum Gasteiger partial charge on any atom is -0.478 e. The zero-order valence-corrected chi connectivity index (χ0v) is 17.2. The van der Waals surface area contributed by atoms with Crippen LogP contribution in [-0.2, 0) is 20.5 Å². The van der Waals surface area contributed by atoms with Crippen LogP contribution in [0.4, 0.5) is 13.2 Å². The van der Waals surface area contributed by atoms with Crippen LogP contribution in [0.5, 0.6) is 0 Å². The molecular formula is C23H23F3O5. The van der Waals surface area contributed by atoms with Crippen LogP contribution in [-0.4, -0.2) is 28.9 Å². The molecule has 0 heterocycles. The molecule has 0 saturated heterocycles. The van der Waals surface area contributed by atoms with Gasteiger partial charge in [0, 0.05) is 5.57 Å². The number of hydrogen-bond acceptors (Lipinski definition) is 4. The van der Waals surface area contributed by atoms with E-state index in [9.17, 15) is 32.7 Å². The van der Waals surface area contributed by atoms with Crippen LogP contribution in [0.1, 0.15) is 49.0 Å². The Bertz CT molecular complexity index is 939. The van der Waals surface area contributed by atoms with Crippen LogP contribution in [0.3, 0.4) is 0 Å².